The summed E-state index contributed by atoms with van der Waals surface area (Å²) in [6, 6.07) is 8.47. The fraction of sp³-hybridized carbons (Fsp3) is 0.429. The van der Waals surface area contributed by atoms with Crippen LogP contribution in [0.25, 0.3) is 0 Å². The predicted octanol–water partition coefficient (Wildman–Crippen LogP) is 4.75. The number of sulfone groups is 1. The van der Waals surface area contributed by atoms with Crippen molar-refractivity contribution in [1.29, 1.82) is 0 Å². The minimum Gasteiger partial charge on any atom is -0.310 e. The second-order valence-electron chi connectivity index (χ2n) is 7.61. The second-order valence-corrected chi connectivity index (χ2v) is 10.0. The van der Waals surface area contributed by atoms with Crippen LogP contribution in [-0.4, -0.2) is 25.6 Å². The summed E-state index contributed by atoms with van der Waals surface area (Å²) in [7, 11) is -3.41. The number of benzene rings is 1. The molecule has 1 aromatic carbocycles. The Balaban J connectivity index is 1.88. The first-order valence-electron chi connectivity index (χ1n) is 9.47. The van der Waals surface area contributed by atoms with Crippen molar-refractivity contribution in [3.63, 3.8) is 0 Å². The molecule has 1 aliphatic carbocycles. The Morgan fingerprint density at radius 3 is 2.54 bits per heavy atom. The van der Waals surface area contributed by atoms with Gasteiger partial charge in [0.15, 0.2) is 9.84 Å². The fourth-order valence-corrected chi connectivity index (χ4v) is 5.10. The lowest BCUT2D eigenvalue weighted by Gasteiger charge is -2.21. The summed E-state index contributed by atoms with van der Waals surface area (Å²) in [6.07, 6.45) is 8.15. The largest absolute Gasteiger partial charge is 0.310 e. The molecule has 2 aromatic rings. The highest BCUT2D eigenvalue weighted by Gasteiger charge is 2.28. The van der Waals surface area contributed by atoms with Gasteiger partial charge in [-0.15, -0.1) is 0 Å². The minimum atomic E-state index is -3.41. The summed E-state index contributed by atoms with van der Waals surface area (Å²) in [5, 5.41) is 3.05. The Bertz CT molecular complexity index is 952. The molecule has 28 heavy (non-hydrogen) atoms. The van der Waals surface area contributed by atoms with Crippen molar-refractivity contribution in [1.82, 2.24) is 4.98 Å². The molecule has 1 N–H and O–H groups in total. The molecule has 1 fully saturated rings. The Morgan fingerprint density at radius 1 is 1.25 bits per heavy atom. The third-order valence-corrected chi connectivity index (χ3v) is 6.86. The van der Waals surface area contributed by atoms with Crippen molar-refractivity contribution >= 4 is 33.2 Å². The van der Waals surface area contributed by atoms with Crippen LogP contribution in [-0.2, 0) is 14.6 Å². The van der Waals surface area contributed by atoms with Gasteiger partial charge in [0.05, 0.1) is 15.8 Å². The number of hydrogen-bond acceptors (Lipinski definition) is 4. The summed E-state index contributed by atoms with van der Waals surface area (Å²) >= 11 is 6.23. The summed E-state index contributed by atoms with van der Waals surface area (Å²) in [4.78, 5) is 17.4. The lowest BCUT2D eigenvalue weighted by atomic mass is 9.87. The van der Waals surface area contributed by atoms with Gasteiger partial charge in [0.1, 0.15) is 5.82 Å². The topological polar surface area (TPSA) is 76.1 Å². The monoisotopic (exact) mass is 420 g/mol. The number of carbonyl (C=O) groups is 1. The maximum absolute atomic E-state index is 13.1. The molecule has 0 aliphatic heterocycles. The lowest BCUT2D eigenvalue weighted by Crippen LogP contribution is -2.23. The van der Waals surface area contributed by atoms with Crippen LogP contribution in [0.5, 0.6) is 0 Å². The number of halogens is 1. The van der Waals surface area contributed by atoms with E-state index in [1.54, 1.807) is 24.4 Å². The van der Waals surface area contributed by atoms with Crippen LogP contribution >= 0.6 is 11.6 Å². The van der Waals surface area contributed by atoms with E-state index in [4.69, 9.17) is 11.6 Å². The highest BCUT2D eigenvalue weighted by Crippen LogP contribution is 2.36. The molecule has 7 heteroatoms. The SMILES string of the molecule is Cc1ccc(NC(=O)C(CC2CCCC2)c2ccc(S(C)(=O)=O)c(Cl)c2)nc1. The van der Waals surface area contributed by atoms with Gasteiger partial charge in [-0.05, 0) is 48.6 Å². The molecule has 5 nitrogen and oxygen atoms in total. The highest BCUT2D eigenvalue weighted by molar-refractivity contribution is 7.90. The van der Waals surface area contributed by atoms with Gasteiger partial charge in [0.25, 0.3) is 0 Å². The molecule has 0 saturated heterocycles. The zero-order valence-electron chi connectivity index (χ0n) is 16.1. The van der Waals surface area contributed by atoms with E-state index >= 15 is 0 Å². The van der Waals surface area contributed by atoms with E-state index in [-0.39, 0.29) is 15.8 Å². The number of pyridine rings is 1. The van der Waals surface area contributed by atoms with Crippen molar-refractivity contribution in [2.24, 2.45) is 5.92 Å². The van der Waals surface area contributed by atoms with Gasteiger partial charge < -0.3 is 5.32 Å². The van der Waals surface area contributed by atoms with Crippen LogP contribution in [0.3, 0.4) is 0 Å². The first-order chi connectivity index (χ1) is 13.2. The van der Waals surface area contributed by atoms with E-state index in [2.05, 4.69) is 10.3 Å². The molecule has 1 aliphatic rings. The Morgan fingerprint density at radius 2 is 1.96 bits per heavy atom. The van der Waals surface area contributed by atoms with Gasteiger partial charge in [0, 0.05) is 12.5 Å². The Hall–Kier alpha value is -1.92. The molecule has 0 spiro atoms. The molecule has 150 valence electrons. The molecular formula is C21H25ClN2O3S. The fourth-order valence-electron chi connectivity index (χ4n) is 3.76. The molecule has 1 unspecified atom stereocenters. The number of nitrogens with one attached hydrogen (secondary N) is 1. The van der Waals surface area contributed by atoms with Gasteiger partial charge >= 0.3 is 0 Å². The first kappa shape index (κ1) is 20.8. The number of amides is 1. The van der Waals surface area contributed by atoms with Crippen molar-refractivity contribution in [2.75, 3.05) is 11.6 Å². The number of nitrogens with zero attached hydrogens (tertiary/aromatic N) is 1. The van der Waals surface area contributed by atoms with Crippen LogP contribution in [0.4, 0.5) is 5.82 Å². The Kier molecular flexibility index (Phi) is 6.40. The van der Waals surface area contributed by atoms with E-state index in [1.165, 1.54) is 18.9 Å². The molecule has 1 aromatic heterocycles. The Labute approximate surface area is 171 Å². The van der Waals surface area contributed by atoms with Crippen LogP contribution in [0, 0.1) is 12.8 Å². The summed E-state index contributed by atoms with van der Waals surface area (Å²) in [5.41, 5.74) is 1.75. The van der Waals surface area contributed by atoms with Crippen LogP contribution < -0.4 is 5.32 Å². The normalized spacial score (nSPS) is 16.1. The number of anilines is 1. The molecule has 0 radical (unpaired) electrons. The molecule has 1 amide bonds. The summed E-state index contributed by atoms with van der Waals surface area (Å²) in [5.74, 6) is 0.435. The van der Waals surface area contributed by atoms with Crippen molar-refractivity contribution in [3.05, 3.63) is 52.7 Å². The van der Waals surface area contributed by atoms with Crippen LogP contribution in [0.15, 0.2) is 41.4 Å². The van der Waals surface area contributed by atoms with Gasteiger partial charge in [-0.2, -0.15) is 0 Å². The smallest absolute Gasteiger partial charge is 0.233 e. The van der Waals surface area contributed by atoms with Gasteiger partial charge in [-0.25, -0.2) is 13.4 Å². The number of hydrogen-bond donors (Lipinski definition) is 1. The van der Waals surface area contributed by atoms with E-state index in [1.807, 2.05) is 13.0 Å². The molecular weight excluding hydrogens is 396 g/mol. The predicted molar refractivity (Wildman–Crippen MR) is 111 cm³/mol. The third kappa shape index (κ3) is 5.11. The molecule has 1 heterocycles. The van der Waals surface area contributed by atoms with Gasteiger partial charge in [0.2, 0.25) is 5.91 Å². The first-order valence-corrected chi connectivity index (χ1v) is 11.7. The van der Waals surface area contributed by atoms with E-state index in [0.717, 1.165) is 30.2 Å². The zero-order valence-corrected chi connectivity index (χ0v) is 17.7. The van der Waals surface area contributed by atoms with Crippen molar-refractivity contribution in [2.45, 2.75) is 49.8 Å². The summed E-state index contributed by atoms with van der Waals surface area (Å²) in [6.45, 7) is 1.94. The number of carbonyl (C=O) groups excluding carboxylic acids is 1. The van der Waals surface area contributed by atoms with Crippen LogP contribution in [0.2, 0.25) is 5.02 Å². The van der Waals surface area contributed by atoms with Crippen molar-refractivity contribution < 1.29 is 13.2 Å². The lowest BCUT2D eigenvalue weighted by molar-refractivity contribution is -0.118. The number of rotatable bonds is 6. The average Bonchev–Trinajstić information content (AvgIpc) is 3.13. The average molecular weight is 421 g/mol. The van der Waals surface area contributed by atoms with E-state index in [9.17, 15) is 13.2 Å². The zero-order chi connectivity index (χ0) is 20.3. The molecule has 0 bridgehead atoms. The van der Waals surface area contributed by atoms with E-state index in [0.29, 0.717) is 18.2 Å². The maximum atomic E-state index is 13.1. The van der Waals surface area contributed by atoms with Crippen molar-refractivity contribution in [3.8, 4) is 0 Å². The molecule has 1 atom stereocenters. The molecule has 3 rings (SSSR count). The van der Waals surface area contributed by atoms with Gasteiger partial charge in [-0.1, -0.05) is 49.4 Å². The molecule has 1 saturated carbocycles. The number of aryl methyl sites for hydroxylation is 1. The highest BCUT2D eigenvalue weighted by atomic mass is 35.5. The summed E-state index contributed by atoms with van der Waals surface area (Å²) < 4.78 is 23.7. The minimum absolute atomic E-state index is 0.0816. The quantitative estimate of drug-likeness (QED) is 0.731. The standard InChI is InChI=1S/C21H25ClN2O3S/c1-14-7-10-20(23-13-14)24-21(25)17(11-15-5-3-4-6-15)16-8-9-19(18(22)12-16)28(2,26)27/h7-10,12-13,15,17H,3-6,11H2,1-2H3,(H,23,24,25). The van der Waals surface area contributed by atoms with E-state index < -0.39 is 15.8 Å². The third-order valence-electron chi connectivity index (χ3n) is 5.28. The second kappa shape index (κ2) is 8.62. The van der Waals surface area contributed by atoms with Gasteiger partial charge in [-0.3, -0.25) is 4.79 Å². The number of aromatic nitrogens is 1. The van der Waals surface area contributed by atoms with Crippen LogP contribution in [0.1, 0.15) is 49.1 Å². The maximum Gasteiger partial charge on any atom is 0.233 e.